The number of benzene rings is 1. The molecule has 1 aliphatic rings. The molecule has 1 saturated heterocycles. The molecule has 1 aliphatic heterocycles. The molecule has 21 heavy (non-hydrogen) atoms. The molecular formula is C15H17N5O. The first-order valence-electron chi connectivity index (χ1n) is 6.82. The predicted octanol–water partition coefficient (Wildman–Crippen LogP) is 1.00. The Hall–Kier alpha value is -2.63. The molecule has 0 saturated carbocycles. The van der Waals surface area contributed by atoms with Gasteiger partial charge in [-0.25, -0.2) is 9.97 Å². The highest BCUT2D eigenvalue weighted by atomic mass is 16.2. The summed E-state index contributed by atoms with van der Waals surface area (Å²) >= 11 is 0. The smallest absolute Gasteiger partial charge is 0.241 e. The Morgan fingerprint density at radius 3 is 2.62 bits per heavy atom. The second-order valence-corrected chi connectivity index (χ2v) is 5.08. The van der Waals surface area contributed by atoms with E-state index in [0.717, 1.165) is 12.1 Å². The zero-order chi connectivity index (χ0) is 14.8. The van der Waals surface area contributed by atoms with Crippen LogP contribution in [-0.2, 0) is 4.79 Å². The van der Waals surface area contributed by atoms with Crippen LogP contribution in [0.2, 0.25) is 0 Å². The second kappa shape index (κ2) is 5.40. The fourth-order valence-electron chi connectivity index (χ4n) is 2.28. The molecule has 0 atom stereocenters. The van der Waals surface area contributed by atoms with Gasteiger partial charge in [0.05, 0.1) is 6.54 Å². The van der Waals surface area contributed by atoms with Gasteiger partial charge in [0.2, 0.25) is 5.91 Å². The van der Waals surface area contributed by atoms with Crippen LogP contribution in [0.15, 0.2) is 36.4 Å². The van der Waals surface area contributed by atoms with E-state index < -0.39 is 0 Å². The number of rotatable bonds is 2. The average Bonchev–Trinajstić information content (AvgIpc) is 2.50. The zero-order valence-corrected chi connectivity index (χ0v) is 11.9. The molecular weight excluding hydrogens is 266 g/mol. The largest absolute Gasteiger partial charge is 0.384 e. The number of hydrogen-bond acceptors (Lipinski definition) is 5. The quantitative estimate of drug-likeness (QED) is 0.890. The van der Waals surface area contributed by atoms with Gasteiger partial charge in [0.1, 0.15) is 11.6 Å². The van der Waals surface area contributed by atoms with E-state index in [2.05, 4.69) is 9.97 Å². The summed E-state index contributed by atoms with van der Waals surface area (Å²) in [5, 5.41) is 0. The predicted molar refractivity (Wildman–Crippen MR) is 81.7 cm³/mol. The minimum absolute atomic E-state index is 0.0831. The lowest BCUT2D eigenvalue weighted by Gasteiger charge is -2.32. The van der Waals surface area contributed by atoms with E-state index in [0.29, 0.717) is 30.5 Å². The highest BCUT2D eigenvalue weighted by Gasteiger charge is 2.22. The van der Waals surface area contributed by atoms with E-state index in [1.807, 2.05) is 42.3 Å². The molecule has 0 spiro atoms. The van der Waals surface area contributed by atoms with Crippen molar-refractivity contribution >= 4 is 17.5 Å². The highest BCUT2D eigenvalue weighted by molar-refractivity contribution is 5.82. The third kappa shape index (κ3) is 2.79. The number of nitrogens with zero attached hydrogens (tertiary/aromatic N) is 4. The van der Waals surface area contributed by atoms with Crippen molar-refractivity contribution in [3.8, 4) is 11.4 Å². The van der Waals surface area contributed by atoms with Crippen molar-refractivity contribution in [3.63, 3.8) is 0 Å². The lowest BCUT2D eigenvalue weighted by atomic mass is 10.2. The van der Waals surface area contributed by atoms with Gasteiger partial charge in [-0.15, -0.1) is 0 Å². The summed E-state index contributed by atoms with van der Waals surface area (Å²) in [6, 6.07) is 11.4. The molecule has 3 rings (SSSR count). The van der Waals surface area contributed by atoms with Crippen LogP contribution in [0.5, 0.6) is 0 Å². The van der Waals surface area contributed by atoms with Gasteiger partial charge in [0.25, 0.3) is 0 Å². The SMILES string of the molecule is CN1CCN(c2cc(N)nc(-c3ccccc3)n2)CC1=O. The number of nitrogens with two attached hydrogens (primary N) is 1. The van der Waals surface area contributed by atoms with Crippen LogP contribution < -0.4 is 10.6 Å². The van der Waals surface area contributed by atoms with E-state index in [-0.39, 0.29) is 5.91 Å². The first-order valence-corrected chi connectivity index (χ1v) is 6.82. The van der Waals surface area contributed by atoms with Gasteiger partial charge in [-0.3, -0.25) is 4.79 Å². The number of carbonyl (C=O) groups excluding carboxylic acids is 1. The number of likely N-dealkylation sites (N-methyl/N-ethyl adjacent to an activating group) is 1. The maximum Gasteiger partial charge on any atom is 0.241 e. The fraction of sp³-hybridized carbons (Fsp3) is 0.267. The number of piperazine rings is 1. The molecule has 0 unspecified atom stereocenters. The van der Waals surface area contributed by atoms with Crippen LogP contribution in [0.4, 0.5) is 11.6 Å². The van der Waals surface area contributed by atoms with Gasteiger partial charge in [0.15, 0.2) is 5.82 Å². The molecule has 108 valence electrons. The van der Waals surface area contributed by atoms with Crippen molar-refractivity contribution in [2.45, 2.75) is 0 Å². The molecule has 1 fully saturated rings. The van der Waals surface area contributed by atoms with Crippen LogP contribution >= 0.6 is 0 Å². The minimum atomic E-state index is 0.0831. The van der Waals surface area contributed by atoms with Crippen LogP contribution in [0, 0.1) is 0 Å². The van der Waals surface area contributed by atoms with E-state index in [9.17, 15) is 4.79 Å². The molecule has 2 aromatic rings. The van der Waals surface area contributed by atoms with Gasteiger partial charge >= 0.3 is 0 Å². The van der Waals surface area contributed by atoms with Gasteiger partial charge in [-0.2, -0.15) is 0 Å². The maximum atomic E-state index is 11.8. The van der Waals surface area contributed by atoms with Crippen LogP contribution in [-0.4, -0.2) is 47.5 Å². The normalized spacial score (nSPS) is 15.4. The monoisotopic (exact) mass is 283 g/mol. The number of hydrogen-bond donors (Lipinski definition) is 1. The van der Waals surface area contributed by atoms with E-state index in [1.165, 1.54) is 0 Å². The number of amides is 1. The zero-order valence-electron chi connectivity index (χ0n) is 11.9. The van der Waals surface area contributed by atoms with Crippen LogP contribution in [0.1, 0.15) is 0 Å². The molecule has 2 heterocycles. The van der Waals surface area contributed by atoms with Crippen LogP contribution in [0.25, 0.3) is 11.4 Å². The summed E-state index contributed by atoms with van der Waals surface area (Å²) in [5.74, 6) is 1.77. The van der Waals surface area contributed by atoms with Crippen LogP contribution in [0.3, 0.4) is 0 Å². The lowest BCUT2D eigenvalue weighted by Crippen LogP contribution is -2.48. The van der Waals surface area contributed by atoms with E-state index in [1.54, 1.807) is 11.0 Å². The molecule has 1 aromatic carbocycles. The summed E-state index contributed by atoms with van der Waals surface area (Å²) in [5.41, 5.74) is 6.80. The summed E-state index contributed by atoms with van der Waals surface area (Å²) < 4.78 is 0. The number of aromatic nitrogens is 2. The number of anilines is 2. The third-order valence-corrected chi connectivity index (χ3v) is 3.55. The van der Waals surface area contributed by atoms with Crippen molar-refractivity contribution in [2.75, 3.05) is 37.3 Å². The second-order valence-electron chi connectivity index (χ2n) is 5.08. The maximum absolute atomic E-state index is 11.8. The van der Waals surface area contributed by atoms with Crippen molar-refractivity contribution in [1.29, 1.82) is 0 Å². The Balaban J connectivity index is 1.93. The van der Waals surface area contributed by atoms with E-state index in [4.69, 9.17) is 5.73 Å². The van der Waals surface area contributed by atoms with Gasteiger partial charge in [-0.05, 0) is 0 Å². The average molecular weight is 283 g/mol. The summed E-state index contributed by atoms with van der Waals surface area (Å²) in [6.07, 6.45) is 0. The number of nitrogen functional groups attached to an aromatic ring is 1. The van der Waals surface area contributed by atoms with Crippen molar-refractivity contribution < 1.29 is 4.79 Å². The molecule has 0 radical (unpaired) electrons. The number of carbonyl (C=O) groups is 1. The Labute approximate surface area is 123 Å². The molecule has 6 nitrogen and oxygen atoms in total. The minimum Gasteiger partial charge on any atom is -0.384 e. The topological polar surface area (TPSA) is 75.3 Å². The molecule has 6 heteroatoms. The third-order valence-electron chi connectivity index (χ3n) is 3.55. The first-order chi connectivity index (χ1) is 10.1. The van der Waals surface area contributed by atoms with Crippen molar-refractivity contribution in [2.24, 2.45) is 0 Å². The Morgan fingerprint density at radius 1 is 1.14 bits per heavy atom. The first kappa shape index (κ1) is 13.4. The summed E-state index contributed by atoms with van der Waals surface area (Å²) in [7, 11) is 1.81. The molecule has 1 amide bonds. The van der Waals surface area contributed by atoms with Gasteiger partial charge < -0.3 is 15.5 Å². The van der Waals surface area contributed by atoms with Crippen molar-refractivity contribution in [3.05, 3.63) is 36.4 Å². The Bertz CT molecular complexity index is 658. The molecule has 0 bridgehead atoms. The van der Waals surface area contributed by atoms with Gasteiger partial charge in [-0.1, -0.05) is 30.3 Å². The lowest BCUT2D eigenvalue weighted by molar-refractivity contribution is -0.129. The molecule has 2 N–H and O–H groups in total. The Kier molecular flexibility index (Phi) is 3.43. The molecule has 0 aliphatic carbocycles. The highest BCUT2D eigenvalue weighted by Crippen LogP contribution is 2.22. The van der Waals surface area contributed by atoms with Gasteiger partial charge in [0, 0.05) is 31.8 Å². The van der Waals surface area contributed by atoms with E-state index >= 15 is 0 Å². The molecule has 1 aromatic heterocycles. The van der Waals surface area contributed by atoms with Crippen molar-refractivity contribution in [1.82, 2.24) is 14.9 Å². The fourth-order valence-corrected chi connectivity index (χ4v) is 2.28. The standard InChI is InChI=1S/C15H17N5O/c1-19-7-8-20(10-14(19)21)13-9-12(16)17-15(18-13)11-5-3-2-4-6-11/h2-6,9H,7-8,10H2,1H3,(H2,16,17,18). The summed E-state index contributed by atoms with van der Waals surface area (Å²) in [6.45, 7) is 1.75. The summed E-state index contributed by atoms with van der Waals surface area (Å²) in [4.78, 5) is 24.3. The Morgan fingerprint density at radius 2 is 1.90 bits per heavy atom.